The first-order valence-electron chi connectivity index (χ1n) is 14.3. The molecule has 0 unspecified atom stereocenters. The molecule has 8 rings (SSSR count). The molecular formula is C38H24N4S2. The highest BCUT2D eigenvalue weighted by Gasteiger charge is 2.17. The zero-order valence-corrected chi connectivity index (χ0v) is 25.1. The lowest BCUT2D eigenvalue weighted by Gasteiger charge is -2.13. The predicted molar refractivity (Wildman–Crippen MR) is 183 cm³/mol. The number of fused-ring (bicyclic) bond motifs is 1. The Labute approximate surface area is 263 Å². The van der Waals surface area contributed by atoms with Crippen molar-refractivity contribution in [1.82, 2.24) is 19.9 Å². The summed E-state index contributed by atoms with van der Waals surface area (Å²) in [6.07, 6.45) is 0. The summed E-state index contributed by atoms with van der Waals surface area (Å²) >= 11 is 3.36. The fourth-order valence-electron chi connectivity index (χ4n) is 5.45. The first-order chi connectivity index (χ1) is 21.8. The molecule has 208 valence electrons. The minimum absolute atomic E-state index is 0.690. The van der Waals surface area contributed by atoms with E-state index in [9.17, 15) is 0 Å². The van der Waals surface area contributed by atoms with Crippen molar-refractivity contribution in [3.05, 3.63) is 144 Å². The van der Waals surface area contributed by atoms with Gasteiger partial charge in [-0.25, -0.2) is 19.9 Å². The number of benzene rings is 4. The van der Waals surface area contributed by atoms with Crippen LogP contribution in [-0.4, -0.2) is 19.9 Å². The molecule has 0 bridgehead atoms. The number of rotatable bonds is 6. The van der Waals surface area contributed by atoms with E-state index in [4.69, 9.17) is 19.9 Å². The summed E-state index contributed by atoms with van der Waals surface area (Å²) in [7, 11) is 0. The van der Waals surface area contributed by atoms with E-state index in [1.165, 1.54) is 0 Å². The first-order valence-corrected chi connectivity index (χ1v) is 16.1. The second-order valence-electron chi connectivity index (χ2n) is 10.3. The highest BCUT2D eigenvalue weighted by atomic mass is 32.1. The van der Waals surface area contributed by atoms with E-state index in [1.54, 1.807) is 22.7 Å². The van der Waals surface area contributed by atoms with Crippen LogP contribution in [0, 0.1) is 0 Å². The molecule has 0 saturated heterocycles. The Bertz CT molecular complexity index is 2050. The largest absolute Gasteiger partial charge is 0.228 e. The third-order valence-electron chi connectivity index (χ3n) is 7.54. The van der Waals surface area contributed by atoms with Gasteiger partial charge in [-0.05, 0) is 45.8 Å². The molecule has 4 aromatic heterocycles. The van der Waals surface area contributed by atoms with Crippen molar-refractivity contribution < 1.29 is 0 Å². The third-order valence-corrected chi connectivity index (χ3v) is 9.33. The molecular weight excluding hydrogens is 577 g/mol. The number of hydrogen-bond acceptors (Lipinski definition) is 6. The summed E-state index contributed by atoms with van der Waals surface area (Å²) < 4.78 is 0. The lowest BCUT2D eigenvalue weighted by atomic mass is 9.98. The maximum atomic E-state index is 5.10. The lowest BCUT2D eigenvalue weighted by molar-refractivity contribution is 1.19. The molecule has 0 atom stereocenters. The average molecular weight is 601 g/mol. The van der Waals surface area contributed by atoms with Gasteiger partial charge in [0.15, 0.2) is 11.6 Å². The van der Waals surface area contributed by atoms with Crippen LogP contribution in [0.1, 0.15) is 0 Å². The van der Waals surface area contributed by atoms with Crippen molar-refractivity contribution in [2.45, 2.75) is 0 Å². The van der Waals surface area contributed by atoms with Gasteiger partial charge in [0.1, 0.15) is 0 Å². The Kier molecular flexibility index (Phi) is 6.83. The Morgan fingerprint density at radius 3 is 1.20 bits per heavy atom. The summed E-state index contributed by atoms with van der Waals surface area (Å²) in [6.45, 7) is 0. The Hall–Kier alpha value is -5.30. The monoisotopic (exact) mass is 600 g/mol. The predicted octanol–water partition coefficient (Wildman–Crippen LogP) is 10.5. The highest BCUT2D eigenvalue weighted by molar-refractivity contribution is 7.13. The van der Waals surface area contributed by atoms with Crippen molar-refractivity contribution in [3.8, 4) is 66.4 Å². The topological polar surface area (TPSA) is 51.6 Å². The number of nitrogens with zero attached hydrogens (tertiary/aromatic N) is 4. The van der Waals surface area contributed by atoms with Crippen LogP contribution >= 0.6 is 22.7 Å². The van der Waals surface area contributed by atoms with Crippen LogP contribution in [-0.2, 0) is 0 Å². The zero-order chi connectivity index (χ0) is 29.3. The van der Waals surface area contributed by atoms with Crippen LogP contribution in [0.3, 0.4) is 0 Å². The van der Waals surface area contributed by atoms with Gasteiger partial charge in [-0.2, -0.15) is 0 Å². The molecule has 0 radical (unpaired) electrons. The first kappa shape index (κ1) is 26.3. The minimum atomic E-state index is 0.690. The fraction of sp³-hybridized carbons (Fsp3) is 0. The summed E-state index contributed by atoms with van der Waals surface area (Å²) in [6, 6.07) is 45.7. The molecule has 0 aliphatic rings. The van der Waals surface area contributed by atoms with E-state index in [0.29, 0.717) is 11.6 Å². The molecule has 6 heteroatoms. The third kappa shape index (κ3) is 5.00. The molecule has 8 aromatic rings. The van der Waals surface area contributed by atoms with E-state index in [0.717, 1.165) is 65.6 Å². The van der Waals surface area contributed by atoms with Gasteiger partial charge in [0.05, 0.1) is 32.5 Å². The second kappa shape index (κ2) is 11.4. The van der Waals surface area contributed by atoms with Crippen LogP contribution in [0.5, 0.6) is 0 Å². The molecule has 0 saturated carbocycles. The van der Waals surface area contributed by atoms with Gasteiger partial charge in [-0.15, -0.1) is 22.7 Å². The molecule has 0 aliphatic carbocycles. The quantitative estimate of drug-likeness (QED) is 0.191. The molecule has 0 fully saturated rings. The van der Waals surface area contributed by atoms with Crippen molar-refractivity contribution in [1.29, 1.82) is 0 Å². The number of hydrogen-bond donors (Lipinski definition) is 0. The van der Waals surface area contributed by atoms with Gasteiger partial charge in [-0.3, -0.25) is 0 Å². The van der Waals surface area contributed by atoms with Gasteiger partial charge < -0.3 is 0 Å². The highest BCUT2D eigenvalue weighted by Crippen LogP contribution is 2.37. The normalized spacial score (nSPS) is 11.2. The van der Waals surface area contributed by atoms with E-state index < -0.39 is 0 Å². The van der Waals surface area contributed by atoms with Crippen molar-refractivity contribution in [2.24, 2.45) is 0 Å². The Morgan fingerprint density at radius 1 is 0.364 bits per heavy atom. The standard InChI is InChI=1S/C38H24N4S2/c1-3-11-25(12-4-1)31-23-33(35-19-9-21-43-35)41-37(39-31)29-17-7-16-28-27(29)15-8-18-30(28)38-40-32(26-13-5-2-6-14-26)24-34(42-38)36-20-10-22-44-36/h1-24H. The van der Waals surface area contributed by atoms with Gasteiger partial charge in [0.2, 0.25) is 0 Å². The van der Waals surface area contributed by atoms with Gasteiger partial charge in [-0.1, -0.05) is 109 Å². The van der Waals surface area contributed by atoms with Crippen molar-refractivity contribution >= 4 is 33.4 Å². The van der Waals surface area contributed by atoms with Crippen molar-refractivity contribution in [2.75, 3.05) is 0 Å². The van der Waals surface area contributed by atoms with Crippen LogP contribution in [0.4, 0.5) is 0 Å². The molecule has 4 aromatic carbocycles. The number of thiophene rings is 2. The van der Waals surface area contributed by atoms with Gasteiger partial charge in [0.25, 0.3) is 0 Å². The molecule has 4 nitrogen and oxygen atoms in total. The molecule has 0 aliphatic heterocycles. The maximum absolute atomic E-state index is 5.10. The maximum Gasteiger partial charge on any atom is 0.161 e. The fourth-order valence-corrected chi connectivity index (χ4v) is 6.82. The van der Waals surface area contributed by atoms with E-state index >= 15 is 0 Å². The summed E-state index contributed by atoms with van der Waals surface area (Å²) in [5, 5.41) is 6.27. The minimum Gasteiger partial charge on any atom is -0.228 e. The van der Waals surface area contributed by atoms with Crippen LogP contribution in [0.2, 0.25) is 0 Å². The molecule has 44 heavy (non-hydrogen) atoms. The molecule has 0 N–H and O–H groups in total. The molecule has 0 amide bonds. The average Bonchev–Trinajstić information content (AvgIpc) is 3.84. The van der Waals surface area contributed by atoms with E-state index in [2.05, 4.69) is 108 Å². The van der Waals surface area contributed by atoms with Crippen LogP contribution in [0.25, 0.3) is 77.2 Å². The SMILES string of the molecule is c1ccc(-c2cc(-c3cccs3)nc(-c3cccc4c(-c5nc(-c6ccccc6)cc(-c6cccs6)n5)cccc34)n2)cc1. The van der Waals surface area contributed by atoms with Crippen LogP contribution in [0.15, 0.2) is 144 Å². The van der Waals surface area contributed by atoms with Crippen LogP contribution < -0.4 is 0 Å². The Balaban J connectivity index is 1.33. The lowest BCUT2D eigenvalue weighted by Crippen LogP contribution is -1.98. The molecule has 0 spiro atoms. The van der Waals surface area contributed by atoms with E-state index in [-0.39, 0.29) is 0 Å². The zero-order valence-electron chi connectivity index (χ0n) is 23.5. The van der Waals surface area contributed by atoms with Crippen molar-refractivity contribution in [3.63, 3.8) is 0 Å². The van der Waals surface area contributed by atoms with Gasteiger partial charge >= 0.3 is 0 Å². The Morgan fingerprint density at radius 2 is 0.795 bits per heavy atom. The second-order valence-corrected chi connectivity index (χ2v) is 12.2. The number of aromatic nitrogens is 4. The van der Waals surface area contributed by atoms with E-state index in [1.807, 2.05) is 36.4 Å². The summed E-state index contributed by atoms with van der Waals surface area (Å²) in [5.74, 6) is 1.38. The summed E-state index contributed by atoms with van der Waals surface area (Å²) in [5.41, 5.74) is 7.67. The van der Waals surface area contributed by atoms with Gasteiger partial charge in [0, 0.05) is 22.3 Å². The smallest absolute Gasteiger partial charge is 0.161 e. The molecule has 4 heterocycles. The summed E-state index contributed by atoms with van der Waals surface area (Å²) in [4.78, 5) is 22.6.